The number of rotatable bonds is 6. The second kappa shape index (κ2) is 7.82. The Balaban J connectivity index is 2.02. The standard InChI is InChI=1S/C16H26FN3O/c1-12(10-20-8-4-3-5-14(20)11-21)16(18-2)15-7-6-13(17)9-19-15/h6-7,9,12,14,16,18,21H,3-5,8,10-11H2,1-2H3. The van der Waals surface area contributed by atoms with Crippen molar-refractivity contribution in [3.63, 3.8) is 0 Å². The predicted molar refractivity (Wildman–Crippen MR) is 81.5 cm³/mol. The fourth-order valence-electron chi connectivity index (χ4n) is 3.28. The van der Waals surface area contributed by atoms with E-state index >= 15 is 0 Å². The lowest BCUT2D eigenvalue weighted by Gasteiger charge is -2.37. The van der Waals surface area contributed by atoms with Gasteiger partial charge in [-0.05, 0) is 44.5 Å². The zero-order valence-corrected chi connectivity index (χ0v) is 12.9. The first-order valence-corrected chi connectivity index (χ1v) is 7.79. The molecule has 1 saturated heterocycles. The summed E-state index contributed by atoms with van der Waals surface area (Å²) >= 11 is 0. The Morgan fingerprint density at radius 1 is 1.48 bits per heavy atom. The SMILES string of the molecule is CNC(c1ccc(F)cn1)C(C)CN1CCCCC1CO. The third kappa shape index (κ3) is 4.22. The smallest absolute Gasteiger partial charge is 0.141 e. The minimum absolute atomic E-state index is 0.0897. The maximum Gasteiger partial charge on any atom is 0.141 e. The van der Waals surface area contributed by atoms with E-state index < -0.39 is 0 Å². The minimum Gasteiger partial charge on any atom is -0.395 e. The minimum atomic E-state index is -0.308. The van der Waals surface area contributed by atoms with Crippen LogP contribution in [-0.4, -0.2) is 47.8 Å². The Kier molecular flexibility index (Phi) is 6.08. The average molecular weight is 295 g/mol. The van der Waals surface area contributed by atoms with Crippen molar-refractivity contribution >= 4 is 0 Å². The van der Waals surface area contributed by atoms with Crippen LogP contribution < -0.4 is 5.32 Å². The predicted octanol–water partition coefficient (Wildman–Crippen LogP) is 1.96. The van der Waals surface area contributed by atoms with Gasteiger partial charge < -0.3 is 10.4 Å². The zero-order valence-electron chi connectivity index (χ0n) is 12.9. The van der Waals surface area contributed by atoms with Gasteiger partial charge in [0.2, 0.25) is 0 Å². The van der Waals surface area contributed by atoms with Crippen LogP contribution in [0.3, 0.4) is 0 Å². The van der Waals surface area contributed by atoms with Gasteiger partial charge in [-0.3, -0.25) is 9.88 Å². The topological polar surface area (TPSA) is 48.4 Å². The molecule has 2 heterocycles. The summed E-state index contributed by atoms with van der Waals surface area (Å²) in [6.45, 7) is 4.36. The largest absolute Gasteiger partial charge is 0.395 e. The molecular formula is C16H26FN3O. The first kappa shape index (κ1) is 16.3. The number of nitrogens with one attached hydrogen (secondary N) is 1. The lowest BCUT2D eigenvalue weighted by atomic mass is 9.95. The fourth-order valence-corrected chi connectivity index (χ4v) is 3.28. The Bertz CT molecular complexity index is 426. The highest BCUT2D eigenvalue weighted by Gasteiger charge is 2.26. The number of nitrogens with zero attached hydrogens (tertiary/aromatic N) is 2. The quantitative estimate of drug-likeness (QED) is 0.842. The van der Waals surface area contributed by atoms with Crippen LogP contribution in [-0.2, 0) is 0 Å². The highest BCUT2D eigenvalue weighted by Crippen LogP contribution is 2.24. The monoisotopic (exact) mass is 295 g/mol. The number of aliphatic hydroxyl groups excluding tert-OH is 1. The number of piperidine rings is 1. The molecule has 0 spiro atoms. The third-order valence-corrected chi connectivity index (χ3v) is 4.43. The van der Waals surface area contributed by atoms with Gasteiger partial charge in [0.15, 0.2) is 0 Å². The van der Waals surface area contributed by atoms with E-state index in [-0.39, 0.29) is 24.5 Å². The van der Waals surface area contributed by atoms with Crippen LogP contribution in [0.15, 0.2) is 18.3 Å². The normalized spacial score (nSPS) is 23.0. The van der Waals surface area contributed by atoms with E-state index in [0.29, 0.717) is 5.92 Å². The van der Waals surface area contributed by atoms with Gasteiger partial charge in [-0.25, -0.2) is 4.39 Å². The summed E-state index contributed by atoms with van der Waals surface area (Å²) in [5, 5.41) is 12.8. The molecular weight excluding hydrogens is 269 g/mol. The molecule has 1 fully saturated rings. The first-order chi connectivity index (χ1) is 10.2. The van der Waals surface area contributed by atoms with Crippen LogP contribution in [0.5, 0.6) is 0 Å². The van der Waals surface area contributed by atoms with Crippen molar-refractivity contribution in [1.82, 2.24) is 15.2 Å². The second-order valence-electron chi connectivity index (χ2n) is 5.97. The molecule has 2 N–H and O–H groups in total. The van der Waals surface area contributed by atoms with Gasteiger partial charge >= 0.3 is 0 Å². The molecule has 1 aliphatic rings. The molecule has 3 atom stereocenters. The number of hydrogen-bond donors (Lipinski definition) is 2. The lowest BCUT2D eigenvalue weighted by molar-refractivity contribution is 0.0725. The van der Waals surface area contributed by atoms with Crippen molar-refractivity contribution in [2.24, 2.45) is 5.92 Å². The van der Waals surface area contributed by atoms with Crippen LogP contribution in [0.1, 0.15) is 37.9 Å². The number of aliphatic hydroxyl groups is 1. The number of pyridine rings is 1. The molecule has 2 rings (SSSR count). The van der Waals surface area contributed by atoms with E-state index in [0.717, 1.165) is 25.2 Å². The van der Waals surface area contributed by atoms with Crippen molar-refractivity contribution < 1.29 is 9.50 Å². The van der Waals surface area contributed by atoms with Crippen molar-refractivity contribution in [1.29, 1.82) is 0 Å². The highest BCUT2D eigenvalue weighted by molar-refractivity contribution is 5.11. The Morgan fingerprint density at radius 2 is 2.29 bits per heavy atom. The Labute approximate surface area is 126 Å². The maximum absolute atomic E-state index is 13.0. The van der Waals surface area contributed by atoms with Crippen LogP contribution in [0.4, 0.5) is 4.39 Å². The maximum atomic E-state index is 13.0. The Hall–Kier alpha value is -1.04. The average Bonchev–Trinajstić information content (AvgIpc) is 2.50. The van der Waals surface area contributed by atoms with Crippen LogP contribution in [0, 0.1) is 11.7 Å². The molecule has 0 amide bonds. The summed E-state index contributed by atoms with van der Waals surface area (Å²) < 4.78 is 13.0. The van der Waals surface area contributed by atoms with E-state index in [2.05, 4.69) is 22.1 Å². The van der Waals surface area contributed by atoms with Gasteiger partial charge in [0, 0.05) is 12.6 Å². The van der Waals surface area contributed by atoms with Crippen molar-refractivity contribution in [2.45, 2.75) is 38.3 Å². The van der Waals surface area contributed by atoms with Gasteiger partial charge in [-0.15, -0.1) is 0 Å². The fraction of sp³-hybridized carbons (Fsp3) is 0.688. The van der Waals surface area contributed by atoms with Gasteiger partial charge in [0.25, 0.3) is 0 Å². The molecule has 1 aliphatic heterocycles. The summed E-state index contributed by atoms with van der Waals surface area (Å²) in [6, 6.07) is 3.57. The van der Waals surface area contributed by atoms with E-state index in [1.165, 1.54) is 25.1 Å². The molecule has 1 aromatic rings. The summed E-state index contributed by atoms with van der Waals surface area (Å²) in [5.74, 6) is 0.0257. The van der Waals surface area contributed by atoms with Gasteiger partial charge in [-0.1, -0.05) is 13.3 Å². The zero-order chi connectivity index (χ0) is 15.2. The first-order valence-electron chi connectivity index (χ1n) is 7.79. The molecule has 3 unspecified atom stereocenters. The van der Waals surface area contributed by atoms with Crippen LogP contribution in [0.2, 0.25) is 0 Å². The number of hydrogen-bond acceptors (Lipinski definition) is 4. The Morgan fingerprint density at radius 3 is 2.90 bits per heavy atom. The molecule has 0 radical (unpaired) electrons. The molecule has 0 aromatic carbocycles. The number of likely N-dealkylation sites (tertiary alicyclic amines) is 1. The van der Waals surface area contributed by atoms with E-state index in [9.17, 15) is 9.50 Å². The highest BCUT2D eigenvalue weighted by atomic mass is 19.1. The third-order valence-electron chi connectivity index (χ3n) is 4.43. The van der Waals surface area contributed by atoms with E-state index in [1.54, 1.807) is 6.07 Å². The molecule has 4 nitrogen and oxygen atoms in total. The second-order valence-corrected chi connectivity index (χ2v) is 5.97. The summed E-state index contributed by atoms with van der Waals surface area (Å²) in [6.07, 6.45) is 4.74. The van der Waals surface area contributed by atoms with Crippen molar-refractivity contribution in [3.8, 4) is 0 Å². The van der Waals surface area contributed by atoms with Gasteiger partial charge in [-0.2, -0.15) is 0 Å². The molecule has 0 bridgehead atoms. The number of halogens is 1. The van der Waals surface area contributed by atoms with E-state index in [4.69, 9.17) is 0 Å². The summed E-state index contributed by atoms with van der Waals surface area (Å²) in [5.41, 5.74) is 0.865. The molecule has 0 aliphatic carbocycles. The van der Waals surface area contributed by atoms with E-state index in [1.807, 2.05) is 7.05 Å². The van der Waals surface area contributed by atoms with Gasteiger partial charge in [0.05, 0.1) is 24.5 Å². The molecule has 0 saturated carbocycles. The summed E-state index contributed by atoms with van der Waals surface area (Å²) in [4.78, 5) is 6.57. The summed E-state index contributed by atoms with van der Waals surface area (Å²) in [7, 11) is 1.91. The molecule has 21 heavy (non-hydrogen) atoms. The molecule has 1 aromatic heterocycles. The number of aromatic nitrogens is 1. The van der Waals surface area contributed by atoms with Crippen LogP contribution in [0.25, 0.3) is 0 Å². The lowest BCUT2D eigenvalue weighted by Crippen LogP contribution is -2.45. The van der Waals surface area contributed by atoms with Crippen LogP contribution >= 0.6 is 0 Å². The van der Waals surface area contributed by atoms with Gasteiger partial charge in [0.1, 0.15) is 5.82 Å². The van der Waals surface area contributed by atoms with Crippen molar-refractivity contribution in [2.75, 3.05) is 26.7 Å². The molecule has 5 heteroatoms. The van der Waals surface area contributed by atoms with Crippen molar-refractivity contribution in [3.05, 3.63) is 29.8 Å². The molecule has 118 valence electrons.